The van der Waals surface area contributed by atoms with E-state index < -0.39 is 5.41 Å². The lowest BCUT2D eigenvalue weighted by Crippen LogP contribution is -2.41. The fraction of sp³-hybridized carbons (Fsp3) is 0.857. The molecule has 0 aromatic rings. The molecule has 0 radical (unpaired) electrons. The van der Waals surface area contributed by atoms with Gasteiger partial charge in [-0.25, -0.2) is 0 Å². The summed E-state index contributed by atoms with van der Waals surface area (Å²) in [4.78, 5) is 16.3. The smallest absolute Gasteiger partial charge is 0.242 e. The molecule has 18 heavy (non-hydrogen) atoms. The first-order chi connectivity index (χ1) is 8.42. The molecule has 1 amide bonds. The average Bonchev–Trinajstić information content (AvgIpc) is 2.38. The van der Waals surface area contributed by atoms with Crippen LogP contribution in [0.5, 0.6) is 0 Å². The van der Waals surface area contributed by atoms with E-state index in [1.165, 1.54) is 0 Å². The van der Waals surface area contributed by atoms with Gasteiger partial charge in [0, 0.05) is 13.1 Å². The fourth-order valence-corrected chi connectivity index (χ4v) is 1.87. The third-order valence-corrected chi connectivity index (χ3v) is 3.28. The zero-order valence-corrected chi connectivity index (χ0v) is 12.5. The van der Waals surface area contributed by atoms with Gasteiger partial charge in [0.05, 0.1) is 6.07 Å². The predicted octanol–water partition coefficient (Wildman–Crippen LogP) is 2.12. The van der Waals surface area contributed by atoms with Gasteiger partial charge < -0.3 is 9.80 Å². The second-order valence-corrected chi connectivity index (χ2v) is 5.00. The Labute approximate surface area is 112 Å². The zero-order valence-electron chi connectivity index (χ0n) is 12.5. The summed E-state index contributed by atoms with van der Waals surface area (Å²) in [5.41, 5.74) is -0.911. The summed E-state index contributed by atoms with van der Waals surface area (Å²) in [6.45, 7) is 14.1. The van der Waals surface area contributed by atoms with Crippen LogP contribution in [0.2, 0.25) is 0 Å². The summed E-state index contributed by atoms with van der Waals surface area (Å²) in [7, 11) is 0. The predicted molar refractivity (Wildman–Crippen MR) is 74.1 cm³/mol. The minimum Gasteiger partial charge on any atom is -0.342 e. The second kappa shape index (κ2) is 8.10. The van der Waals surface area contributed by atoms with Crippen molar-refractivity contribution in [2.45, 2.75) is 41.0 Å². The molecule has 0 spiro atoms. The van der Waals surface area contributed by atoms with Gasteiger partial charge in [-0.15, -0.1) is 0 Å². The van der Waals surface area contributed by atoms with Gasteiger partial charge >= 0.3 is 0 Å². The van der Waals surface area contributed by atoms with Gasteiger partial charge in [-0.05, 0) is 46.8 Å². The molecule has 4 heteroatoms. The van der Waals surface area contributed by atoms with E-state index in [9.17, 15) is 4.79 Å². The summed E-state index contributed by atoms with van der Waals surface area (Å²) in [6.07, 6.45) is 0.961. The Morgan fingerprint density at radius 3 is 2.06 bits per heavy atom. The number of carbonyl (C=O) groups excluding carboxylic acids is 1. The Morgan fingerprint density at radius 1 is 1.11 bits per heavy atom. The third kappa shape index (κ3) is 5.05. The van der Waals surface area contributed by atoms with Crippen LogP contribution in [-0.2, 0) is 4.79 Å². The molecule has 0 saturated carbocycles. The van der Waals surface area contributed by atoms with Crippen molar-refractivity contribution in [3.8, 4) is 6.07 Å². The number of hydrogen-bond acceptors (Lipinski definition) is 3. The summed E-state index contributed by atoms with van der Waals surface area (Å²) in [6, 6.07) is 2.08. The van der Waals surface area contributed by atoms with E-state index in [1.54, 1.807) is 18.7 Å². The van der Waals surface area contributed by atoms with Crippen LogP contribution < -0.4 is 0 Å². The van der Waals surface area contributed by atoms with E-state index in [0.29, 0.717) is 6.54 Å². The van der Waals surface area contributed by atoms with Crippen molar-refractivity contribution in [2.75, 3.05) is 32.7 Å². The third-order valence-electron chi connectivity index (χ3n) is 3.28. The minimum absolute atomic E-state index is 0.0629. The lowest BCUT2D eigenvalue weighted by molar-refractivity contribution is -0.137. The molecule has 0 aliphatic rings. The molecule has 0 aromatic heterocycles. The van der Waals surface area contributed by atoms with E-state index in [1.807, 2.05) is 6.92 Å². The van der Waals surface area contributed by atoms with Crippen LogP contribution in [0.4, 0.5) is 0 Å². The highest BCUT2D eigenvalue weighted by atomic mass is 16.2. The summed E-state index contributed by atoms with van der Waals surface area (Å²) < 4.78 is 0. The van der Waals surface area contributed by atoms with Gasteiger partial charge in [0.2, 0.25) is 5.91 Å². The Kier molecular flexibility index (Phi) is 7.61. The number of hydrogen-bond donors (Lipinski definition) is 0. The van der Waals surface area contributed by atoms with Crippen LogP contribution in [-0.4, -0.2) is 48.4 Å². The van der Waals surface area contributed by atoms with Crippen LogP contribution in [0.15, 0.2) is 0 Å². The van der Waals surface area contributed by atoms with Gasteiger partial charge in [0.15, 0.2) is 0 Å². The van der Waals surface area contributed by atoms with Gasteiger partial charge in [0.1, 0.15) is 5.41 Å². The molecule has 0 saturated heterocycles. The first-order valence-corrected chi connectivity index (χ1v) is 6.85. The molecule has 0 heterocycles. The van der Waals surface area contributed by atoms with Crippen molar-refractivity contribution in [3.63, 3.8) is 0 Å². The first-order valence-electron chi connectivity index (χ1n) is 6.85. The second-order valence-electron chi connectivity index (χ2n) is 5.00. The van der Waals surface area contributed by atoms with Crippen LogP contribution >= 0.6 is 0 Å². The molecule has 0 aliphatic heterocycles. The summed E-state index contributed by atoms with van der Waals surface area (Å²) >= 11 is 0. The standard InChI is InChI=1S/C14H27N3O/c1-6-16(7-2)10-9-11-17(8-3)13(18)14(4,5)12-15/h6-11H2,1-5H3. The van der Waals surface area contributed by atoms with E-state index in [0.717, 1.165) is 32.6 Å². The lowest BCUT2D eigenvalue weighted by atomic mass is 9.94. The molecule has 0 aromatic carbocycles. The summed E-state index contributed by atoms with van der Waals surface area (Å²) in [5.74, 6) is -0.0629. The van der Waals surface area contributed by atoms with Crippen LogP contribution in [0.25, 0.3) is 0 Å². The van der Waals surface area contributed by atoms with Crippen molar-refractivity contribution >= 4 is 5.91 Å². The molecule has 0 aliphatic carbocycles. The Bertz CT molecular complexity index is 290. The molecule has 0 unspecified atom stereocenters. The molecule has 104 valence electrons. The number of amides is 1. The topological polar surface area (TPSA) is 47.3 Å². The number of rotatable bonds is 8. The zero-order chi connectivity index (χ0) is 14.2. The van der Waals surface area contributed by atoms with Gasteiger partial charge in [-0.2, -0.15) is 5.26 Å². The highest BCUT2D eigenvalue weighted by Crippen LogP contribution is 2.17. The monoisotopic (exact) mass is 253 g/mol. The average molecular weight is 253 g/mol. The SMILES string of the molecule is CCN(CC)CCCN(CC)C(=O)C(C)(C)C#N. The molecule has 4 nitrogen and oxygen atoms in total. The molecule has 0 fully saturated rings. The summed E-state index contributed by atoms with van der Waals surface area (Å²) in [5, 5.41) is 8.99. The number of nitriles is 1. The molecular weight excluding hydrogens is 226 g/mol. The quantitative estimate of drug-likeness (QED) is 0.665. The Morgan fingerprint density at radius 2 is 1.67 bits per heavy atom. The van der Waals surface area contributed by atoms with E-state index in [4.69, 9.17) is 5.26 Å². The highest BCUT2D eigenvalue weighted by Gasteiger charge is 2.31. The molecule has 0 N–H and O–H groups in total. The van der Waals surface area contributed by atoms with Gasteiger partial charge in [0.25, 0.3) is 0 Å². The molecule has 0 bridgehead atoms. The fourth-order valence-electron chi connectivity index (χ4n) is 1.87. The Hall–Kier alpha value is -1.08. The molecular formula is C14H27N3O. The van der Waals surface area contributed by atoms with Crippen molar-refractivity contribution < 1.29 is 4.79 Å². The van der Waals surface area contributed by atoms with Gasteiger partial charge in [-0.1, -0.05) is 13.8 Å². The van der Waals surface area contributed by atoms with Crippen molar-refractivity contribution in [1.29, 1.82) is 5.26 Å². The maximum atomic E-state index is 12.1. The van der Waals surface area contributed by atoms with E-state index in [2.05, 4.69) is 24.8 Å². The normalized spacial score (nSPS) is 11.4. The van der Waals surface area contributed by atoms with Crippen molar-refractivity contribution in [1.82, 2.24) is 9.80 Å². The largest absolute Gasteiger partial charge is 0.342 e. The van der Waals surface area contributed by atoms with Crippen LogP contribution in [0.3, 0.4) is 0 Å². The van der Waals surface area contributed by atoms with E-state index >= 15 is 0 Å². The van der Waals surface area contributed by atoms with Crippen LogP contribution in [0, 0.1) is 16.7 Å². The van der Waals surface area contributed by atoms with Crippen LogP contribution in [0.1, 0.15) is 41.0 Å². The Balaban J connectivity index is 4.29. The minimum atomic E-state index is -0.911. The lowest BCUT2D eigenvalue weighted by Gasteiger charge is -2.28. The number of nitrogens with zero attached hydrogens (tertiary/aromatic N) is 3. The molecule has 0 atom stereocenters. The maximum absolute atomic E-state index is 12.1. The van der Waals surface area contributed by atoms with Gasteiger partial charge in [-0.3, -0.25) is 4.79 Å². The highest BCUT2D eigenvalue weighted by molar-refractivity contribution is 5.84. The number of carbonyl (C=O) groups is 1. The molecule has 0 rings (SSSR count). The van der Waals surface area contributed by atoms with Crippen molar-refractivity contribution in [3.05, 3.63) is 0 Å². The van der Waals surface area contributed by atoms with Crippen molar-refractivity contribution in [2.24, 2.45) is 5.41 Å². The maximum Gasteiger partial charge on any atom is 0.242 e. The first kappa shape index (κ1) is 16.9. The van der Waals surface area contributed by atoms with E-state index in [-0.39, 0.29) is 5.91 Å².